The molecule has 6 nitrogen and oxygen atoms in total. The Bertz CT molecular complexity index is 915. The molecule has 3 aromatic rings. The third-order valence-corrected chi connectivity index (χ3v) is 5.62. The van der Waals surface area contributed by atoms with Crippen LogP contribution in [0.15, 0.2) is 67.0 Å². The fourth-order valence-electron chi connectivity index (χ4n) is 4.00. The average Bonchev–Trinajstić information content (AvgIpc) is 3.49. The molecule has 150 valence electrons. The van der Waals surface area contributed by atoms with Crippen molar-refractivity contribution in [2.75, 3.05) is 26.7 Å². The van der Waals surface area contributed by atoms with Crippen molar-refractivity contribution in [2.24, 2.45) is 0 Å². The Balaban J connectivity index is 1.44. The maximum absolute atomic E-state index is 12.7. The van der Waals surface area contributed by atoms with Crippen molar-refractivity contribution in [2.45, 2.75) is 18.9 Å². The van der Waals surface area contributed by atoms with Gasteiger partial charge in [0, 0.05) is 36.4 Å². The molecule has 6 heteroatoms. The number of methoxy groups -OCH3 is 1. The summed E-state index contributed by atoms with van der Waals surface area (Å²) in [5, 5.41) is 7.36. The smallest absolute Gasteiger partial charge is 0.251 e. The van der Waals surface area contributed by atoms with Crippen LogP contribution in [0.4, 0.5) is 0 Å². The van der Waals surface area contributed by atoms with Crippen LogP contribution >= 0.6 is 0 Å². The van der Waals surface area contributed by atoms with Crippen LogP contribution in [-0.2, 0) is 0 Å². The molecule has 2 N–H and O–H groups in total. The molecule has 4 rings (SSSR count). The summed E-state index contributed by atoms with van der Waals surface area (Å²) in [7, 11) is 1.68. The van der Waals surface area contributed by atoms with Gasteiger partial charge in [0.05, 0.1) is 32.4 Å². The maximum Gasteiger partial charge on any atom is 0.251 e. The zero-order valence-electron chi connectivity index (χ0n) is 16.7. The van der Waals surface area contributed by atoms with Crippen molar-refractivity contribution in [3.8, 4) is 11.4 Å². The highest BCUT2D eigenvalue weighted by Gasteiger charge is 2.28. The van der Waals surface area contributed by atoms with Crippen LogP contribution in [0.5, 0.6) is 5.75 Å². The Hall–Kier alpha value is -3.12. The SMILES string of the molecule is COc1ccc([C@H](CNC(=O)c2ccc(-n3cccn3)cc2)[NH+]2CCCC2)cc1. The molecule has 1 fully saturated rings. The van der Waals surface area contributed by atoms with Crippen LogP contribution in [0.25, 0.3) is 5.69 Å². The van der Waals surface area contributed by atoms with E-state index in [0.29, 0.717) is 12.1 Å². The summed E-state index contributed by atoms with van der Waals surface area (Å²) in [6.45, 7) is 2.90. The van der Waals surface area contributed by atoms with E-state index in [2.05, 4.69) is 22.5 Å². The minimum absolute atomic E-state index is 0.0471. The Labute approximate surface area is 171 Å². The lowest BCUT2D eigenvalue weighted by atomic mass is 10.0. The van der Waals surface area contributed by atoms with E-state index in [1.54, 1.807) is 18.0 Å². The van der Waals surface area contributed by atoms with E-state index in [4.69, 9.17) is 4.74 Å². The van der Waals surface area contributed by atoms with Gasteiger partial charge in [-0.25, -0.2) is 4.68 Å². The first-order chi connectivity index (χ1) is 14.2. The molecule has 2 aromatic carbocycles. The second-order valence-electron chi connectivity index (χ2n) is 7.40. The highest BCUT2D eigenvalue weighted by molar-refractivity contribution is 5.94. The molecule has 0 radical (unpaired) electrons. The normalized spacial score (nSPS) is 15.2. The quantitative estimate of drug-likeness (QED) is 0.648. The Morgan fingerprint density at radius 1 is 1.14 bits per heavy atom. The summed E-state index contributed by atoms with van der Waals surface area (Å²) in [6.07, 6.45) is 6.10. The van der Waals surface area contributed by atoms with Crippen LogP contribution in [-0.4, -0.2) is 42.4 Å². The minimum Gasteiger partial charge on any atom is -0.497 e. The first-order valence-electron chi connectivity index (χ1n) is 10.1. The summed E-state index contributed by atoms with van der Waals surface area (Å²) in [4.78, 5) is 14.3. The van der Waals surface area contributed by atoms with Crippen molar-refractivity contribution >= 4 is 5.91 Å². The Morgan fingerprint density at radius 3 is 2.48 bits per heavy atom. The van der Waals surface area contributed by atoms with Crippen molar-refractivity contribution in [3.63, 3.8) is 0 Å². The molecule has 0 aliphatic carbocycles. The van der Waals surface area contributed by atoms with Gasteiger partial charge in [0.25, 0.3) is 5.91 Å². The molecule has 1 amide bonds. The molecule has 1 aliphatic rings. The molecule has 29 heavy (non-hydrogen) atoms. The maximum atomic E-state index is 12.7. The molecule has 0 spiro atoms. The zero-order chi connectivity index (χ0) is 20.1. The predicted molar refractivity (Wildman–Crippen MR) is 112 cm³/mol. The minimum atomic E-state index is -0.0471. The molecule has 0 bridgehead atoms. The number of quaternary nitrogens is 1. The Kier molecular flexibility index (Phi) is 5.91. The molecule has 0 unspecified atom stereocenters. The summed E-state index contributed by atoms with van der Waals surface area (Å²) in [5.74, 6) is 0.805. The number of likely N-dealkylation sites (tertiary alicyclic amines) is 1. The van der Waals surface area contributed by atoms with E-state index >= 15 is 0 Å². The largest absolute Gasteiger partial charge is 0.497 e. The van der Waals surface area contributed by atoms with Gasteiger partial charge in [-0.2, -0.15) is 5.10 Å². The second-order valence-corrected chi connectivity index (χ2v) is 7.40. The number of amides is 1. The second kappa shape index (κ2) is 8.92. The van der Waals surface area contributed by atoms with Crippen LogP contribution in [0.3, 0.4) is 0 Å². The van der Waals surface area contributed by atoms with Gasteiger partial charge in [0.15, 0.2) is 0 Å². The van der Waals surface area contributed by atoms with Crippen LogP contribution in [0.2, 0.25) is 0 Å². The first-order valence-corrected chi connectivity index (χ1v) is 10.1. The topological polar surface area (TPSA) is 60.6 Å². The number of nitrogens with one attached hydrogen (secondary N) is 2. The number of benzene rings is 2. The van der Waals surface area contributed by atoms with Crippen molar-refractivity contribution in [3.05, 3.63) is 78.1 Å². The fourth-order valence-corrected chi connectivity index (χ4v) is 4.00. The number of ether oxygens (including phenoxy) is 1. The van der Waals surface area contributed by atoms with E-state index < -0.39 is 0 Å². The fraction of sp³-hybridized carbons (Fsp3) is 0.304. The van der Waals surface area contributed by atoms with E-state index in [-0.39, 0.29) is 11.9 Å². The lowest BCUT2D eigenvalue weighted by Crippen LogP contribution is -3.11. The van der Waals surface area contributed by atoms with Gasteiger partial charge in [-0.05, 0) is 54.6 Å². The monoisotopic (exact) mass is 391 g/mol. The molecular formula is C23H27N4O2+. The summed E-state index contributed by atoms with van der Waals surface area (Å²) in [5.41, 5.74) is 2.83. The molecule has 1 atom stereocenters. The highest BCUT2D eigenvalue weighted by Crippen LogP contribution is 2.17. The number of carbonyl (C=O) groups excluding carboxylic acids is 1. The van der Waals surface area contributed by atoms with Gasteiger partial charge in [0.1, 0.15) is 11.8 Å². The summed E-state index contributed by atoms with van der Waals surface area (Å²) in [6, 6.07) is 17.8. The van der Waals surface area contributed by atoms with E-state index in [1.807, 2.05) is 48.7 Å². The van der Waals surface area contributed by atoms with Crippen LogP contribution in [0, 0.1) is 0 Å². The number of nitrogens with zero attached hydrogens (tertiary/aromatic N) is 2. The lowest BCUT2D eigenvalue weighted by molar-refractivity contribution is -0.918. The Morgan fingerprint density at radius 2 is 1.86 bits per heavy atom. The van der Waals surface area contributed by atoms with E-state index in [0.717, 1.165) is 24.5 Å². The number of hydrogen-bond acceptors (Lipinski definition) is 3. The zero-order valence-corrected chi connectivity index (χ0v) is 16.7. The van der Waals surface area contributed by atoms with E-state index in [9.17, 15) is 4.79 Å². The van der Waals surface area contributed by atoms with E-state index in [1.165, 1.54) is 23.3 Å². The average molecular weight is 391 g/mol. The number of carbonyl (C=O) groups is 1. The molecule has 1 aliphatic heterocycles. The number of hydrogen-bond donors (Lipinski definition) is 2. The predicted octanol–water partition coefficient (Wildman–Crippen LogP) is 2.03. The molecule has 1 aromatic heterocycles. The van der Waals surface area contributed by atoms with Crippen LogP contribution in [0.1, 0.15) is 34.8 Å². The molecule has 0 saturated carbocycles. The standard InChI is InChI=1S/C23H26N4O2/c1-29-21-11-7-18(8-12-21)22(26-14-2-3-15-26)17-24-23(28)19-5-9-20(10-6-19)27-16-4-13-25-27/h4-13,16,22H,2-3,14-15,17H2,1H3,(H,24,28)/p+1/t22-/m0/s1. The number of rotatable bonds is 7. The van der Waals surface area contributed by atoms with Gasteiger partial charge in [-0.15, -0.1) is 0 Å². The van der Waals surface area contributed by atoms with Gasteiger partial charge < -0.3 is 15.0 Å². The molecule has 1 saturated heterocycles. The van der Waals surface area contributed by atoms with Gasteiger partial charge in [-0.3, -0.25) is 4.79 Å². The third-order valence-electron chi connectivity index (χ3n) is 5.62. The van der Waals surface area contributed by atoms with Gasteiger partial charge >= 0.3 is 0 Å². The third kappa shape index (κ3) is 4.49. The van der Waals surface area contributed by atoms with Crippen molar-refractivity contribution < 1.29 is 14.4 Å². The lowest BCUT2D eigenvalue weighted by Gasteiger charge is -2.25. The van der Waals surface area contributed by atoms with Crippen molar-refractivity contribution in [1.82, 2.24) is 15.1 Å². The van der Waals surface area contributed by atoms with Crippen molar-refractivity contribution in [1.29, 1.82) is 0 Å². The molecule has 2 heterocycles. The van der Waals surface area contributed by atoms with Gasteiger partial charge in [0.2, 0.25) is 0 Å². The number of aromatic nitrogens is 2. The molecular weight excluding hydrogens is 364 g/mol. The van der Waals surface area contributed by atoms with Crippen LogP contribution < -0.4 is 15.0 Å². The first kappa shape index (κ1) is 19.2. The highest BCUT2D eigenvalue weighted by atomic mass is 16.5. The summed E-state index contributed by atoms with van der Waals surface area (Å²) >= 11 is 0. The van der Waals surface area contributed by atoms with Gasteiger partial charge in [-0.1, -0.05) is 0 Å². The summed E-state index contributed by atoms with van der Waals surface area (Å²) < 4.78 is 7.06.